The molecule has 0 saturated heterocycles. The molecule has 182 valence electrons. The van der Waals surface area contributed by atoms with Gasteiger partial charge in [0.05, 0.1) is 22.3 Å². The quantitative estimate of drug-likeness (QED) is 0.581. The minimum atomic E-state index is -4.79. The van der Waals surface area contributed by atoms with Crippen LogP contribution in [0.1, 0.15) is 44.2 Å². The topological polar surface area (TPSA) is 95.3 Å². The standard InChI is InChI=1S/C21H19ClF4N4O4/c22-13-3-2-12(6-14(13)23)33-8-16(31)27-17(32)19-9-18(10-19,11-19)15-7-30(29-28-15)20(4-1-5-20)34-21(24,25)26/h2-3,6-7H,1,4-5,8-11H2,(H,27,31,32). The van der Waals surface area contributed by atoms with Gasteiger partial charge in [-0.1, -0.05) is 16.8 Å². The van der Waals surface area contributed by atoms with Crippen molar-refractivity contribution in [3.8, 4) is 5.75 Å². The first-order valence-electron chi connectivity index (χ1n) is 10.6. The lowest BCUT2D eigenvalue weighted by atomic mass is 9.34. The van der Waals surface area contributed by atoms with Crippen molar-refractivity contribution in [1.82, 2.24) is 20.3 Å². The van der Waals surface area contributed by atoms with E-state index in [1.807, 2.05) is 0 Å². The molecule has 0 aliphatic heterocycles. The number of amides is 2. The van der Waals surface area contributed by atoms with Gasteiger partial charge < -0.3 is 4.74 Å². The highest BCUT2D eigenvalue weighted by atomic mass is 35.5. The molecule has 4 aliphatic carbocycles. The molecule has 2 amide bonds. The van der Waals surface area contributed by atoms with E-state index in [0.29, 0.717) is 31.4 Å². The first-order chi connectivity index (χ1) is 15.9. The van der Waals surface area contributed by atoms with Gasteiger partial charge in [-0.2, -0.15) is 0 Å². The molecule has 34 heavy (non-hydrogen) atoms. The number of carbonyl (C=O) groups is 2. The third kappa shape index (κ3) is 3.82. The Labute approximate surface area is 195 Å². The number of nitrogens with one attached hydrogen (secondary N) is 1. The number of benzene rings is 1. The van der Waals surface area contributed by atoms with Gasteiger partial charge >= 0.3 is 6.36 Å². The van der Waals surface area contributed by atoms with Crippen LogP contribution in [0.5, 0.6) is 5.75 Å². The molecular weight excluding hydrogens is 484 g/mol. The number of hydrogen-bond donors (Lipinski definition) is 1. The monoisotopic (exact) mass is 502 g/mol. The second-order valence-corrected chi connectivity index (χ2v) is 9.64. The Morgan fingerprint density at radius 1 is 1.21 bits per heavy atom. The smallest absolute Gasteiger partial charge is 0.484 e. The van der Waals surface area contributed by atoms with Gasteiger partial charge in [0, 0.05) is 11.5 Å². The van der Waals surface area contributed by atoms with Crippen LogP contribution in [0.15, 0.2) is 24.4 Å². The SMILES string of the molecule is O=C(COc1ccc(Cl)c(F)c1)NC(=O)C12CC(c3cn(C4(OC(F)(F)F)CCC4)nn3)(C1)C2. The molecule has 1 aromatic heterocycles. The number of ether oxygens (including phenoxy) is 2. The van der Waals surface area contributed by atoms with Crippen LogP contribution in [0, 0.1) is 11.2 Å². The van der Waals surface area contributed by atoms with E-state index in [4.69, 9.17) is 16.3 Å². The zero-order valence-corrected chi connectivity index (χ0v) is 18.4. The molecule has 1 heterocycles. The van der Waals surface area contributed by atoms with Crippen LogP contribution in [0.2, 0.25) is 5.02 Å². The molecule has 0 atom stereocenters. The number of nitrogens with zero attached hydrogens (tertiary/aromatic N) is 3. The average Bonchev–Trinajstić information content (AvgIpc) is 3.13. The summed E-state index contributed by atoms with van der Waals surface area (Å²) < 4.78 is 62.5. The van der Waals surface area contributed by atoms with Crippen molar-refractivity contribution >= 4 is 23.4 Å². The Kier molecular flexibility index (Phi) is 5.17. The molecule has 0 radical (unpaired) electrons. The molecule has 13 heteroatoms. The molecule has 2 bridgehead atoms. The highest BCUT2D eigenvalue weighted by Gasteiger charge is 2.73. The highest BCUT2D eigenvalue weighted by molar-refractivity contribution is 6.30. The molecular formula is C21H19ClF4N4O4. The Morgan fingerprint density at radius 2 is 1.91 bits per heavy atom. The summed E-state index contributed by atoms with van der Waals surface area (Å²) in [7, 11) is 0. The summed E-state index contributed by atoms with van der Waals surface area (Å²) >= 11 is 5.59. The highest BCUT2D eigenvalue weighted by Crippen LogP contribution is 2.73. The lowest BCUT2D eigenvalue weighted by Crippen LogP contribution is -2.70. The van der Waals surface area contributed by atoms with Crippen LogP contribution in [-0.4, -0.2) is 39.8 Å². The summed E-state index contributed by atoms with van der Waals surface area (Å²) in [4.78, 5) is 24.7. The fourth-order valence-electron chi connectivity index (χ4n) is 5.09. The molecule has 0 unspecified atom stereocenters. The van der Waals surface area contributed by atoms with Crippen LogP contribution in [0.3, 0.4) is 0 Å². The zero-order valence-electron chi connectivity index (χ0n) is 17.6. The van der Waals surface area contributed by atoms with Crippen LogP contribution >= 0.6 is 11.6 Å². The molecule has 4 fully saturated rings. The van der Waals surface area contributed by atoms with Crippen molar-refractivity contribution in [3.63, 3.8) is 0 Å². The number of aromatic nitrogens is 3. The number of hydrogen-bond acceptors (Lipinski definition) is 6. The largest absolute Gasteiger partial charge is 0.524 e. The lowest BCUT2D eigenvalue weighted by Gasteiger charge is -2.68. The normalized spacial score (nSPS) is 26.6. The molecule has 6 rings (SSSR count). The van der Waals surface area contributed by atoms with Crippen molar-refractivity contribution in [2.45, 2.75) is 56.0 Å². The Balaban J connectivity index is 1.15. The van der Waals surface area contributed by atoms with E-state index in [-0.39, 0.29) is 23.6 Å². The Hall–Kier alpha value is -2.73. The van der Waals surface area contributed by atoms with Crippen molar-refractivity contribution in [2.24, 2.45) is 5.41 Å². The average molecular weight is 503 g/mol. The number of halogens is 5. The van der Waals surface area contributed by atoms with Gasteiger partial charge in [-0.3, -0.25) is 19.6 Å². The first-order valence-corrected chi connectivity index (χ1v) is 10.9. The van der Waals surface area contributed by atoms with Crippen molar-refractivity contribution < 1.29 is 36.6 Å². The van der Waals surface area contributed by atoms with Gasteiger partial charge in [0.2, 0.25) is 5.91 Å². The fraction of sp³-hybridized carbons (Fsp3) is 0.524. The fourth-order valence-corrected chi connectivity index (χ4v) is 5.21. The molecule has 0 spiro atoms. The molecule has 4 saturated carbocycles. The van der Waals surface area contributed by atoms with E-state index in [1.165, 1.54) is 18.3 Å². The van der Waals surface area contributed by atoms with E-state index in [1.54, 1.807) is 0 Å². The molecule has 2 aromatic rings. The number of rotatable bonds is 7. The van der Waals surface area contributed by atoms with Crippen LogP contribution in [0.4, 0.5) is 17.6 Å². The maximum absolute atomic E-state index is 13.4. The van der Waals surface area contributed by atoms with Crippen molar-refractivity contribution in [2.75, 3.05) is 6.61 Å². The number of imide groups is 1. The summed E-state index contributed by atoms with van der Waals surface area (Å²) in [6, 6.07) is 3.71. The van der Waals surface area contributed by atoms with Crippen LogP contribution < -0.4 is 10.1 Å². The predicted molar refractivity (Wildman–Crippen MR) is 107 cm³/mol. The van der Waals surface area contributed by atoms with Crippen LogP contribution in [0.25, 0.3) is 0 Å². The Morgan fingerprint density at radius 3 is 2.50 bits per heavy atom. The van der Waals surface area contributed by atoms with Gasteiger partial charge in [-0.25, -0.2) is 9.07 Å². The second kappa shape index (κ2) is 7.64. The minimum Gasteiger partial charge on any atom is -0.484 e. The molecule has 8 nitrogen and oxygen atoms in total. The maximum atomic E-state index is 13.4. The number of carbonyl (C=O) groups excluding carboxylic acids is 2. The zero-order chi connectivity index (χ0) is 24.4. The molecule has 4 aliphatic rings. The summed E-state index contributed by atoms with van der Waals surface area (Å²) in [5.41, 5.74) is -2.23. The van der Waals surface area contributed by atoms with E-state index in [0.717, 1.165) is 10.7 Å². The Bertz CT molecular complexity index is 1140. The van der Waals surface area contributed by atoms with Gasteiger partial charge in [0.15, 0.2) is 12.3 Å². The van der Waals surface area contributed by atoms with Gasteiger partial charge in [0.1, 0.15) is 11.6 Å². The van der Waals surface area contributed by atoms with Crippen molar-refractivity contribution in [3.05, 3.63) is 40.9 Å². The third-order valence-electron chi connectivity index (χ3n) is 6.92. The summed E-state index contributed by atoms with van der Waals surface area (Å²) in [6.45, 7) is -0.482. The predicted octanol–water partition coefficient (Wildman–Crippen LogP) is 3.59. The van der Waals surface area contributed by atoms with Crippen molar-refractivity contribution in [1.29, 1.82) is 0 Å². The summed E-state index contributed by atoms with van der Waals surface area (Å²) in [5, 5.41) is 10.2. The summed E-state index contributed by atoms with van der Waals surface area (Å²) in [6.07, 6.45) is -1.14. The molecule has 1 N–H and O–H groups in total. The van der Waals surface area contributed by atoms with E-state index >= 15 is 0 Å². The van der Waals surface area contributed by atoms with E-state index in [2.05, 4.69) is 20.4 Å². The van der Waals surface area contributed by atoms with Crippen LogP contribution in [-0.2, 0) is 25.5 Å². The first kappa shape index (κ1) is 23.0. The summed E-state index contributed by atoms with van der Waals surface area (Å²) in [5.74, 6) is -1.73. The van der Waals surface area contributed by atoms with Gasteiger partial charge in [-0.15, -0.1) is 18.3 Å². The van der Waals surface area contributed by atoms with E-state index in [9.17, 15) is 27.2 Å². The van der Waals surface area contributed by atoms with E-state index < -0.39 is 47.2 Å². The maximum Gasteiger partial charge on any atom is 0.524 e. The second-order valence-electron chi connectivity index (χ2n) is 9.23. The third-order valence-corrected chi connectivity index (χ3v) is 7.23. The number of alkyl halides is 3. The van der Waals surface area contributed by atoms with Gasteiger partial charge in [0.25, 0.3) is 5.91 Å². The molecule has 1 aromatic carbocycles. The lowest BCUT2D eigenvalue weighted by molar-refractivity contribution is -0.402. The van der Waals surface area contributed by atoms with Gasteiger partial charge in [-0.05, 0) is 50.7 Å². The minimum absolute atomic E-state index is 0.0831.